The van der Waals surface area contributed by atoms with E-state index in [0.29, 0.717) is 0 Å². The Morgan fingerprint density at radius 1 is 1.18 bits per heavy atom. The summed E-state index contributed by atoms with van der Waals surface area (Å²) >= 11 is 1.80. The van der Waals surface area contributed by atoms with Gasteiger partial charge in [-0.1, -0.05) is 12.1 Å². The van der Waals surface area contributed by atoms with E-state index in [4.69, 9.17) is 9.51 Å². The molecule has 0 spiro atoms. The largest absolute Gasteiger partial charge is 0.360 e. The molecule has 0 N–H and O–H groups in total. The fourth-order valence-corrected chi connectivity index (χ4v) is 3.69. The summed E-state index contributed by atoms with van der Waals surface area (Å²) in [6.45, 7) is 10.3. The predicted octanol–water partition coefficient (Wildman–Crippen LogP) is 2.71. The highest BCUT2D eigenvalue weighted by atomic mass is 32.1. The first-order valence-electron chi connectivity index (χ1n) is 8.03. The van der Waals surface area contributed by atoms with Crippen molar-refractivity contribution in [3.8, 4) is 0 Å². The van der Waals surface area contributed by atoms with Crippen molar-refractivity contribution in [3.63, 3.8) is 0 Å². The van der Waals surface area contributed by atoms with Gasteiger partial charge in [-0.3, -0.25) is 9.80 Å². The van der Waals surface area contributed by atoms with Gasteiger partial charge in [-0.2, -0.15) is 0 Å². The monoisotopic (exact) mass is 320 g/mol. The van der Waals surface area contributed by atoms with Gasteiger partial charge in [0, 0.05) is 44.2 Å². The quantitative estimate of drug-likeness (QED) is 0.819. The van der Waals surface area contributed by atoms with Crippen molar-refractivity contribution >= 4 is 11.3 Å². The van der Waals surface area contributed by atoms with Crippen LogP contribution < -0.4 is 0 Å². The highest BCUT2D eigenvalue weighted by Crippen LogP contribution is 2.15. The lowest BCUT2D eigenvalue weighted by Gasteiger charge is -2.33. The normalized spacial score (nSPS) is 17.2. The van der Waals surface area contributed by atoms with Crippen molar-refractivity contribution in [2.24, 2.45) is 0 Å². The number of aromatic nitrogens is 2. The van der Waals surface area contributed by atoms with Gasteiger partial charge in [-0.25, -0.2) is 4.98 Å². The molecular weight excluding hydrogens is 296 g/mol. The van der Waals surface area contributed by atoms with E-state index in [9.17, 15) is 0 Å². The fourth-order valence-electron chi connectivity index (χ4n) is 2.80. The van der Waals surface area contributed by atoms with Crippen LogP contribution >= 0.6 is 11.3 Å². The standard InChI is InChI=1S/C16H24N4OS/c1-3-4-16-17-14(12-22-16)10-19-5-7-20(8-6-19)11-15-9-13(2)18-21-15/h9,12H,3-8,10-11H2,1-2H3. The van der Waals surface area contributed by atoms with Crippen LogP contribution in [0, 0.1) is 6.92 Å². The van der Waals surface area contributed by atoms with E-state index in [0.717, 1.165) is 57.1 Å². The van der Waals surface area contributed by atoms with E-state index in [1.807, 2.05) is 13.0 Å². The van der Waals surface area contributed by atoms with Crippen molar-refractivity contribution in [1.82, 2.24) is 19.9 Å². The zero-order chi connectivity index (χ0) is 15.4. The summed E-state index contributed by atoms with van der Waals surface area (Å²) < 4.78 is 5.30. The summed E-state index contributed by atoms with van der Waals surface area (Å²) in [4.78, 5) is 9.65. The Morgan fingerprint density at radius 3 is 2.55 bits per heavy atom. The van der Waals surface area contributed by atoms with Gasteiger partial charge in [0.05, 0.1) is 22.9 Å². The van der Waals surface area contributed by atoms with Crippen molar-refractivity contribution in [1.29, 1.82) is 0 Å². The van der Waals surface area contributed by atoms with E-state index >= 15 is 0 Å². The van der Waals surface area contributed by atoms with E-state index in [-0.39, 0.29) is 0 Å². The second-order valence-corrected chi connectivity index (χ2v) is 6.91. The fraction of sp³-hybridized carbons (Fsp3) is 0.625. The average Bonchev–Trinajstić information content (AvgIpc) is 3.11. The van der Waals surface area contributed by atoms with Crippen LogP contribution in [0.1, 0.15) is 35.5 Å². The predicted molar refractivity (Wildman–Crippen MR) is 87.9 cm³/mol. The molecule has 3 rings (SSSR count). The number of nitrogens with zero attached hydrogens (tertiary/aromatic N) is 4. The van der Waals surface area contributed by atoms with Crippen LogP contribution in [0.15, 0.2) is 16.0 Å². The molecule has 0 saturated carbocycles. The zero-order valence-electron chi connectivity index (χ0n) is 13.4. The van der Waals surface area contributed by atoms with Crippen molar-refractivity contribution in [2.75, 3.05) is 26.2 Å². The van der Waals surface area contributed by atoms with Gasteiger partial charge in [0.2, 0.25) is 0 Å². The number of hydrogen-bond donors (Lipinski definition) is 0. The molecule has 0 atom stereocenters. The van der Waals surface area contributed by atoms with Crippen LogP contribution in [0.25, 0.3) is 0 Å². The highest BCUT2D eigenvalue weighted by molar-refractivity contribution is 7.09. The lowest BCUT2D eigenvalue weighted by atomic mass is 10.2. The summed E-state index contributed by atoms with van der Waals surface area (Å²) in [6.07, 6.45) is 2.28. The zero-order valence-corrected chi connectivity index (χ0v) is 14.2. The third kappa shape index (κ3) is 4.15. The molecule has 5 nitrogen and oxygen atoms in total. The average molecular weight is 320 g/mol. The molecule has 1 fully saturated rings. The van der Waals surface area contributed by atoms with E-state index < -0.39 is 0 Å². The van der Waals surface area contributed by atoms with Gasteiger partial charge < -0.3 is 4.52 Å². The van der Waals surface area contributed by atoms with E-state index in [2.05, 4.69) is 27.3 Å². The Morgan fingerprint density at radius 2 is 1.91 bits per heavy atom. The Bertz CT molecular complexity index is 586. The van der Waals surface area contributed by atoms with Gasteiger partial charge in [0.15, 0.2) is 5.76 Å². The van der Waals surface area contributed by atoms with Crippen LogP contribution in [0.5, 0.6) is 0 Å². The Balaban J connectivity index is 1.44. The topological polar surface area (TPSA) is 45.4 Å². The number of thiazole rings is 1. The lowest BCUT2D eigenvalue weighted by Crippen LogP contribution is -2.45. The SMILES string of the molecule is CCCc1nc(CN2CCN(Cc3cc(C)no3)CC2)cs1. The first-order chi connectivity index (χ1) is 10.7. The van der Waals surface area contributed by atoms with Gasteiger partial charge in [-0.05, 0) is 19.8 Å². The Kier molecular flexibility index (Phi) is 5.23. The molecule has 3 heterocycles. The third-order valence-corrected chi connectivity index (χ3v) is 4.93. The maximum absolute atomic E-state index is 5.30. The van der Waals surface area contributed by atoms with Crippen LogP contribution in [0.4, 0.5) is 0 Å². The summed E-state index contributed by atoms with van der Waals surface area (Å²) in [7, 11) is 0. The van der Waals surface area contributed by atoms with Crippen molar-refractivity contribution < 1.29 is 4.52 Å². The number of piperazine rings is 1. The second kappa shape index (κ2) is 7.35. The molecule has 0 radical (unpaired) electrons. The highest BCUT2D eigenvalue weighted by Gasteiger charge is 2.19. The first kappa shape index (κ1) is 15.6. The third-order valence-electron chi connectivity index (χ3n) is 3.97. The summed E-state index contributed by atoms with van der Waals surface area (Å²) in [5, 5.41) is 7.44. The maximum atomic E-state index is 5.30. The van der Waals surface area contributed by atoms with Crippen LogP contribution in [0.2, 0.25) is 0 Å². The van der Waals surface area contributed by atoms with Crippen molar-refractivity contribution in [3.05, 3.63) is 33.6 Å². The molecule has 120 valence electrons. The number of rotatable bonds is 6. The maximum Gasteiger partial charge on any atom is 0.150 e. The molecule has 1 saturated heterocycles. The molecule has 1 aliphatic rings. The van der Waals surface area contributed by atoms with Gasteiger partial charge >= 0.3 is 0 Å². The van der Waals surface area contributed by atoms with Crippen LogP contribution in [0.3, 0.4) is 0 Å². The molecule has 0 aromatic carbocycles. The molecule has 0 unspecified atom stereocenters. The van der Waals surface area contributed by atoms with Crippen molar-refractivity contribution in [2.45, 2.75) is 39.8 Å². The summed E-state index contributed by atoms with van der Waals surface area (Å²) in [6, 6.07) is 2.02. The van der Waals surface area contributed by atoms with E-state index in [1.165, 1.54) is 17.1 Å². The molecule has 2 aromatic heterocycles. The second-order valence-electron chi connectivity index (χ2n) is 5.97. The Labute approximate surface area is 135 Å². The number of hydrogen-bond acceptors (Lipinski definition) is 6. The van der Waals surface area contributed by atoms with E-state index in [1.54, 1.807) is 11.3 Å². The molecule has 0 aliphatic carbocycles. The molecule has 22 heavy (non-hydrogen) atoms. The molecule has 6 heteroatoms. The van der Waals surface area contributed by atoms with Gasteiger partial charge in [0.25, 0.3) is 0 Å². The summed E-state index contributed by atoms with van der Waals surface area (Å²) in [5.74, 6) is 0.967. The molecule has 1 aliphatic heterocycles. The van der Waals surface area contributed by atoms with Gasteiger partial charge in [-0.15, -0.1) is 11.3 Å². The minimum Gasteiger partial charge on any atom is -0.360 e. The first-order valence-corrected chi connectivity index (χ1v) is 8.91. The lowest BCUT2D eigenvalue weighted by molar-refractivity contribution is 0.113. The molecule has 2 aromatic rings. The molecular formula is C16H24N4OS. The Hall–Kier alpha value is -1.24. The minimum absolute atomic E-state index is 0.867. The van der Waals surface area contributed by atoms with Gasteiger partial charge in [0.1, 0.15) is 0 Å². The minimum atomic E-state index is 0.867. The van der Waals surface area contributed by atoms with Crippen LogP contribution in [-0.2, 0) is 19.5 Å². The molecule has 0 bridgehead atoms. The van der Waals surface area contributed by atoms with Crippen LogP contribution in [-0.4, -0.2) is 46.1 Å². The smallest absolute Gasteiger partial charge is 0.150 e. The number of aryl methyl sites for hydroxylation is 2. The molecule has 0 amide bonds. The summed E-state index contributed by atoms with van der Waals surface area (Å²) in [5.41, 5.74) is 2.19.